The maximum Gasteiger partial charge on any atom is 0.239 e. The summed E-state index contributed by atoms with van der Waals surface area (Å²) in [4.78, 5) is 9.07. The molecule has 0 radical (unpaired) electrons. The van der Waals surface area contributed by atoms with Crippen molar-refractivity contribution < 1.29 is 4.52 Å². The van der Waals surface area contributed by atoms with Gasteiger partial charge in [-0.1, -0.05) is 77.6 Å². The second-order valence-corrected chi connectivity index (χ2v) is 7.27. The fraction of sp³-hybridized carbons (Fsp3) is 0.150. The molecule has 2 aromatic carbocycles. The van der Waals surface area contributed by atoms with Crippen LogP contribution in [0, 0.1) is 6.92 Å². The largest absolute Gasteiger partial charge is 0.338 e. The van der Waals surface area contributed by atoms with E-state index >= 15 is 0 Å². The first-order valence-corrected chi connectivity index (χ1v) is 9.41. The van der Waals surface area contributed by atoms with Crippen molar-refractivity contribution in [3.63, 3.8) is 0 Å². The SMILES string of the molecule is Cc1noc(C(C)Sc2nnc(-c3ccccc3)c(-c3ccccc3)n2)n1. The quantitative estimate of drug-likeness (QED) is 0.466. The standard InChI is InChI=1S/C20H17N5OS/c1-13(19-21-14(2)25-26-19)27-20-22-17(15-9-5-3-6-10-15)18(23-24-20)16-11-7-4-8-12-16/h3-13H,1-2H3. The summed E-state index contributed by atoms with van der Waals surface area (Å²) in [6.45, 7) is 3.78. The Hall–Kier alpha value is -3.06. The van der Waals surface area contributed by atoms with Gasteiger partial charge in [0.1, 0.15) is 11.4 Å². The maximum absolute atomic E-state index is 5.25. The highest BCUT2D eigenvalue weighted by molar-refractivity contribution is 7.99. The third-order valence-electron chi connectivity index (χ3n) is 3.93. The minimum absolute atomic E-state index is 0.0702. The average molecular weight is 375 g/mol. The van der Waals surface area contributed by atoms with E-state index in [4.69, 9.17) is 9.51 Å². The zero-order chi connectivity index (χ0) is 18.6. The Balaban J connectivity index is 1.73. The van der Waals surface area contributed by atoms with Gasteiger partial charge < -0.3 is 4.52 Å². The van der Waals surface area contributed by atoms with Gasteiger partial charge in [0.05, 0.1) is 5.25 Å². The number of hydrogen-bond donors (Lipinski definition) is 0. The maximum atomic E-state index is 5.25. The van der Waals surface area contributed by atoms with E-state index in [9.17, 15) is 0 Å². The molecule has 1 atom stereocenters. The monoisotopic (exact) mass is 375 g/mol. The Morgan fingerprint density at radius 3 is 2.04 bits per heavy atom. The van der Waals surface area contributed by atoms with Gasteiger partial charge in [-0.2, -0.15) is 4.98 Å². The number of aryl methyl sites for hydroxylation is 1. The molecule has 0 aliphatic rings. The van der Waals surface area contributed by atoms with Crippen molar-refractivity contribution in [2.24, 2.45) is 0 Å². The van der Waals surface area contributed by atoms with Crippen LogP contribution in [-0.4, -0.2) is 25.3 Å². The van der Waals surface area contributed by atoms with Gasteiger partial charge in [-0.3, -0.25) is 0 Å². The lowest BCUT2D eigenvalue weighted by molar-refractivity contribution is 0.376. The molecule has 0 aliphatic carbocycles. The summed E-state index contributed by atoms with van der Waals surface area (Å²) in [7, 11) is 0. The van der Waals surface area contributed by atoms with E-state index in [-0.39, 0.29) is 5.25 Å². The number of hydrogen-bond acceptors (Lipinski definition) is 7. The van der Waals surface area contributed by atoms with E-state index in [1.807, 2.05) is 67.6 Å². The first-order valence-electron chi connectivity index (χ1n) is 8.53. The Morgan fingerprint density at radius 2 is 1.44 bits per heavy atom. The molecule has 27 heavy (non-hydrogen) atoms. The van der Waals surface area contributed by atoms with Crippen molar-refractivity contribution in [2.75, 3.05) is 0 Å². The van der Waals surface area contributed by atoms with Crippen LogP contribution >= 0.6 is 11.8 Å². The minimum Gasteiger partial charge on any atom is -0.338 e. The number of thioether (sulfide) groups is 1. The molecule has 1 unspecified atom stereocenters. The van der Waals surface area contributed by atoms with Crippen LogP contribution in [0.15, 0.2) is 70.3 Å². The van der Waals surface area contributed by atoms with Gasteiger partial charge in [0.15, 0.2) is 5.82 Å². The van der Waals surface area contributed by atoms with Crippen molar-refractivity contribution in [1.82, 2.24) is 25.3 Å². The second kappa shape index (κ2) is 7.67. The van der Waals surface area contributed by atoms with Gasteiger partial charge >= 0.3 is 0 Å². The molecule has 0 fully saturated rings. The van der Waals surface area contributed by atoms with Crippen molar-refractivity contribution in [1.29, 1.82) is 0 Å². The molecule has 0 bridgehead atoms. The van der Waals surface area contributed by atoms with Crippen molar-refractivity contribution in [3.8, 4) is 22.5 Å². The molecule has 4 aromatic rings. The zero-order valence-electron chi connectivity index (χ0n) is 14.9. The van der Waals surface area contributed by atoms with E-state index in [0.717, 1.165) is 22.5 Å². The first kappa shape index (κ1) is 17.4. The van der Waals surface area contributed by atoms with E-state index in [2.05, 4.69) is 20.3 Å². The zero-order valence-corrected chi connectivity index (χ0v) is 15.7. The second-order valence-electron chi connectivity index (χ2n) is 5.96. The highest BCUT2D eigenvalue weighted by atomic mass is 32.2. The number of benzene rings is 2. The van der Waals surface area contributed by atoms with Gasteiger partial charge in [-0.25, -0.2) is 4.98 Å². The molecule has 2 aromatic heterocycles. The molecule has 4 rings (SSSR count). The fourth-order valence-corrected chi connectivity index (χ4v) is 3.38. The summed E-state index contributed by atoms with van der Waals surface area (Å²) in [5, 5.41) is 13.1. The Kier molecular flexibility index (Phi) is 4.93. The van der Waals surface area contributed by atoms with Gasteiger partial charge in [-0.15, -0.1) is 10.2 Å². The van der Waals surface area contributed by atoms with E-state index in [0.29, 0.717) is 16.9 Å². The summed E-state index contributed by atoms with van der Waals surface area (Å²) < 4.78 is 5.25. The van der Waals surface area contributed by atoms with E-state index in [1.165, 1.54) is 11.8 Å². The topological polar surface area (TPSA) is 77.6 Å². The molecule has 134 valence electrons. The predicted octanol–water partition coefficient (Wildman–Crippen LogP) is 4.75. The number of aromatic nitrogens is 5. The molecule has 0 amide bonds. The smallest absolute Gasteiger partial charge is 0.239 e. The van der Waals surface area contributed by atoms with Crippen molar-refractivity contribution >= 4 is 11.8 Å². The van der Waals surface area contributed by atoms with Gasteiger partial charge in [-0.05, 0) is 13.8 Å². The Labute approximate surface area is 161 Å². The van der Waals surface area contributed by atoms with Crippen LogP contribution in [0.2, 0.25) is 0 Å². The van der Waals surface area contributed by atoms with Crippen molar-refractivity contribution in [3.05, 3.63) is 72.4 Å². The van der Waals surface area contributed by atoms with Crippen LogP contribution < -0.4 is 0 Å². The molecule has 0 saturated carbocycles. The molecular formula is C20H17N5OS. The van der Waals surface area contributed by atoms with Crippen LogP contribution in [0.5, 0.6) is 0 Å². The lowest BCUT2D eigenvalue weighted by atomic mass is 10.0. The number of nitrogens with zero attached hydrogens (tertiary/aromatic N) is 5. The molecular weight excluding hydrogens is 358 g/mol. The Bertz CT molecular complexity index is 1040. The molecule has 2 heterocycles. The van der Waals surface area contributed by atoms with Gasteiger partial charge in [0.25, 0.3) is 0 Å². The highest BCUT2D eigenvalue weighted by Crippen LogP contribution is 2.34. The van der Waals surface area contributed by atoms with Crippen LogP contribution in [0.3, 0.4) is 0 Å². The molecule has 7 heteroatoms. The Morgan fingerprint density at radius 1 is 0.815 bits per heavy atom. The molecule has 0 N–H and O–H groups in total. The lowest BCUT2D eigenvalue weighted by Crippen LogP contribution is -2.00. The van der Waals surface area contributed by atoms with E-state index < -0.39 is 0 Å². The van der Waals surface area contributed by atoms with Gasteiger partial charge in [0, 0.05) is 11.1 Å². The van der Waals surface area contributed by atoms with Crippen molar-refractivity contribution in [2.45, 2.75) is 24.3 Å². The summed E-state index contributed by atoms with van der Waals surface area (Å²) >= 11 is 1.44. The lowest BCUT2D eigenvalue weighted by Gasteiger charge is -2.10. The average Bonchev–Trinajstić information content (AvgIpc) is 3.16. The van der Waals surface area contributed by atoms with Crippen LogP contribution in [0.25, 0.3) is 22.5 Å². The summed E-state index contributed by atoms with van der Waals surface area (Å²) in [6, 6.07) is 20.0. The summed E-state index contributed by atoms with van der Waals surface area (Å²) in [5.74, 6) is 1.16. The summed E-state index contributed by atoms with van der Waals surface area (Å²) in [5.41, 5.74) is 3.53. The first-order chi connectivity index (χ1) is 13.2. The van der Waals surface area contributed by atoms with Crippen LogP contribution in [0.1, 0.15) is 23.9 Å². The number of rotatable bonds is 5. The summed E-state index contributed by atoms with van der Waals surface area (Å²) in [6.07, 6.45) is 0. The van der Waals surface area contributed by atoms with Gasteiger partial charge in [0.2, 0.25) is 11.0 Å². The highest BCUT2D eigenvalue weighted by Gasteiger charge is 2.19. The predicted molar refractivity (Wildman–Crippen MR) is 104 cm³/mol. The molecule has 0 saturated heterocycles. The minimum atomic E-state index is -0.0702. The normalized spacial score (nSPS) is 12.1. The van der Waals surface area contributed by atoms with Crippen LogP contribution in [-0.2, 0) is 0 Å². The third kappa shape index (κ3) is 3.88. The molecule has 6 nitrogen and oxygen atoms in total. The molecule has 0 spiro atoms. The fourth-order valence-electron chi connectivity index (χ4n) is 2.64. The van der Waals surface area contributed by atoms with Crippen LogP contribution in [0.4, 0.5) is 0 Å². The van der Waals surface area contributed by atoms with E-state index in [1.54, 1.807) is 6.92 Å². The molecule has 0 aliphatic heterocycles. The third-order valence-corrected chi connectivity index (χ3v) is 4.87.